The first-order valence-corrected chi connectivity index (χ1v) is 6.01. The van der Waals surface area contributed by atoms with Crippen LogP contribution in [0, 0.1) is 5.82 Å². The molecule has 3 rings (SSSR count). The van der Waals surface area contributed by atoms with Crippen LogP contribution in [0.2, 0.25) is 5.02 Å². The molecular weight excluding hydrogens is 251 g/mol. The Balaban J connectivity index is 1.94. The predicted molar refractivity (Wildman–Crippen MR) is 70.3 cm³/mol. The van der Waals surface area contributed by atoms with Crippen LogP contribution in [0.3, 0.4) is 0 Å². The minimum absolute atomic E-state index is 0.124. The van der Waals surface area contributed by atoms with E-state index in [0.29, 0.717) is 0 Å². The summed E-state index contributed by atoms with van der Waals surface area (Å²) in [5.41, 5.74) is 1.78. The molecular formula is C15H10ClFO. The van der Waals surface area contributed by atoms with E-state index in [9.17, 15) is 4.39 Å². The zero-order valence-electron chi connectivity index (χ0n) is 9.44. The zero-order chi connectivity index (χ0) is 12.5. The molecule has 18 heavy (non-hydrogen) atoms. The van der Waals surface area contributed by atoms with Crippen LogP contribution in [0.1, 0.15) is 17.2 Å². The molecule has 1 unspecified atom stereocenters. The molecule has 0 aromatic heterocycles. The zero-order valence-corrected chi connectivity index (χ0v) is 10.2. The van der Waals surface area contributed by atoms with Crippen molar-refractivity contribution in [2.75, 3.05) is 0 Å². The Kier molecular flexibility index (Phi) is 2.80. The van der Waals surface area contributed by atoms with Gasteiger partial charge in [-0.1, -0.05) is 41.9 Å². The number of fused-ring (bicyclic) bond motifs is 1. The van der Waals surface area contributed by atoms with Crippen molar-refractivity contribution in [3.63, 3.8) is 0 Å². The van der Waals surface area contributed by atoms with Crippen molar-refractivity contribution in [2.24, 2.45) is 0 Å². The molecule has 0 N–H and O–H groups in total. The van der Waals surface area contributed by atoms with E-state index in [0.717, 1.165) is 16.9 Å². The Morgan fingerprint density at radius 2 is 1.94 bits per heavy atom. The summed E-state index contributed by atoms with van der Waals surface area (Å²) in [6.45, 7) is 0. The van der Waals surface area contributed by atoms with E-state index in [1.165, 1.54) is 6.07 Å². The van der Waals surface area contributed by atoms with E-state index < -0.39 is 5.82 Å². The molecule has 0 radical (unpaired) electrons. The number of benzene rings is 2. The number of para-hydroxylation sites is 1. The minimum Gasteiger partial charge on any atom is -0.481 e. The van der Waals surface area contributed by atoms with Gasteiger partial charge in [-0.2, -0.15) is 0 Å². The van der Waals surface area contributed by atoms with Crippen LogP contribution in [-0.4, -0.2) is 0 Å². The van der Waals surface area contributed by atoms with Gasteiger partial charge in [0.2, 0.25) is 0 Å². The summed E-state index contributed by atoms with van der Waals surface area (Å²) in [7, 11) is 0. The molecule has 1 aliphatic heterocycles. The first kappa shape index (κ1) is 11.3. The molecule has 3 heteroatoms. The van der Waals surface area contributed by atoms with E-state index in [-0.39, 0.29) is 11.1 Å². The highest BCUT2D eigenvalue weighted by atomic mass is 35.5. The molecule has 0 aliphatic carbocycles. The summed E-state index contributed by atoms with van der Waals surface area (Å²) in [6.07, 6.45) is 3.62. The average Bonchev–Trinajstić information content (AvgIpc) is 2.41. The van der Waals surface area contributed by atoms with Gasteiger partial charge in [0.05, 0.1) is 5.02 Å². The topological polar surface area (TPSA) is 9.23 Å². The molecule has 2 aromatic carbocycles. The van der Waals surface area contributed by atoms with Crippen molar-refractivity contribution in [3.8, 4) is 5.75 Å². The van der Waals surface area contributed by atoms with E-state index in [1.54, 1.807) is 12.1 Å². The van der Waals surface area contributed by atoms with Crippen molar-refractivity contribution >= 4 is 17.7 Å². The van der Waals surface area contributed by atoms with Gasteiger partial charge < -0.3 is 4.74 Å². The van der Waals surface area contributed by atoms with Crippen molar-refractivity contribution in [1.29, 1.82) is 0 Å². The van der Waals surface area contributed by atoms with Gasteiger partial charge in [0.15, 0.2) is 0 Å². The first-order chi connectivity index (χ1) is 8.74. The number of rotatable bonds is 1. The molecule has 1 heterocycles. The molecule has 1 atom stereocenters. The molecule has 0 spiro atoms. The standard InChI is InChI=1S/C15H10ClFO/c16-12-7-5-11(9-13(12)17)15-8-6-10-3-1-2-4-14(10)18-15/h1-9,15H. The Morgan fingerprint density at radius 1 is 1.11 bits per heavy atom. The van der Waals surface area contributed by atoms with Crippen molar-refractivity contribution in [1.82, 2.24) is 0 Å². The molecule has 0 fully saturated rings. The third-order valence-electron chi connectivity index (χ3n) is 2.90. The van der Waals surface area contributed by atoms with Crippen LogP contribution in [0.4, 0.5) is 4.39 Å². The Hall–Kier alpha value is -1.80. The van der Waals surface area contributed by atoms with Gasteiger partial charge in [-0.05, 0) is 29.8 Å². The fourth-order valence-electron chi connectivity index (χ4n) is 1.96. The molecule has 0 saturated carbocycles. The minimum atomic E-state index is -0.426. The third kappa shape index (κ3) is 2.00. The Bertz CT molecular complexity index is 622. The molecule has 1 nitrogen and oxygen atoms in total. The lowest BCUT2D eigenvalue weighted by Gasteiger charge is -2.21. The van der Waals surface area contributed by atoms with Gasteiger partial charge in [0.1, 0.15) is 17.7 Å². The third-order valence-corrected chi connectivity index (χ3v) is 3.20. The Morgan fingerprint density at radius 3 is 2.78 bits per heavy atom. The summed E-state index contributed by atoms with van der Waals surface area (Å²) in [5, 5.41) is 0.124. The summed E-state index contributed by atoms with van der Waals surface area (Å²) < 4.78 is 19.2. The monoisotopic (exact) mass is 260 g/mol. The van der Waals surface area contributed by atoms with Gasteiger partial charge in [-0.15, -0.1) is 0 Å². The predicted octanol–water partition coefficient (Wildman–Crippen LogP) is 4.63. The lowest BCUT2D eigenvalue weighted by Crippen LogP contribution is -2.09. The van der Waals surface area contributed by atoms with Gasteiger partial charge >= 0.3 is 0 Å². The van der Waals surface area contributed by atoms with Crippen molar-refractivity contribution < 1.29 is 9.13 Å². The summed E-state index contributed by atoms with van der Waals surface area (Å²) >= 11 is 5.67. The molecule has 0 saturated heterocycles. The number of halogens is 2. The van der Waals surface area contributed by atoms with Crippen LogP contribution in [-0.2, 0) is 0 Å². The molecule has 1 aliphatic rings. The van der Waals surface area contributed by atoms with Gasteiger partial charge in [0.25, 0.3) is 0 Å². The van der Waals surface area contributed by atoms with Crippen molar-refractivity contribution in [3.05, 3.63) is 70.5 Å². The van der Waals surface area contributed by atoms with E-state index in [4.69, 9.17) is 16.3 Å². The maximum atomic E-state index is 13.4. The van der Waals surface area contributed by atoms with Crippen LogP contribution < -0.4 is 4.74 Å². The van der Waals surface area contributed by atoms with Crippen molar-refractivity contribution in [2.45, 2.75) is 6.10 Å². The lowest BCUT2D eigenvalue weighted by molar-refractivity contribution is 0.251. The SMILES string of the molecule is Fc1cc(C2C=Cc3ccccc3O2)ccc1Cl. The highest BCUT2D eigenvalue weighted by Crippen LogP contribution is 2.33. The molecule has 90 valence electrons. The van der Waals surface area contributed by atoms with E-state index in [1.807, 2.05) is 36.4 Å². The fourth-order valence-corrected chi connectivity index (χ4v) is 2.08. The highest BCUT2D eigenvalue weighted by molar-refractivity contribution is 6.30. The fraction of sp³-hybridized carbons (Fsp3) is 0.0667. The number of hydrogen-bond acceptors (Lipinski definition) is 1. The summed E-state index contributed by atoms with van der Waals surface area (Å²) in [4.78, 5) is 0. The maximum Gasteiger partial charge on any atom is 0.142 e. The quantitative estimate of drug-likeness (QED) is 0.727. The van der Waals surface area contributed by atoms with Crippen LogP contribution in [0.25, 0.3) is 6.08 Å². The average molecular weight is 261 g/mol. The molecule has 2 aromatic rings. The second-order valence-electron chi connectivity index (χ2n) is 4.11. The summed E-state index contributed by atoms with van der Waals surface area (Å²) in [6, 6.07) is 12.5. The number of hydrogen-bond donors (Lipinski definition) is 0. The van der Waals surface area contributed by atoms with E-state index in [2.05, 4.69) is 0 Å². The first-order valence-electron chi connectivity index (χ1n) is 5.63. The molecule has 0 bridgehead atoms. The smallest absolute Gasteiger partial charge is 0.142 e. The largest absolute Gasteiger partial charge is 0.481 e. The van der Waals surface area contributed by atoms with Crippen LogP contribution in [0.15, 0.2) is 48.5 Å². The Labute approximate surface area is 109 Å². The second-order valence-corrected chi connectivity index (χ2v) is 4.52. The van der Waals surface area contributed by atoms with Crippen LogP contribution in [0.5, 0.6) is 5.75 Å². The van der Waals surface area contributed by atoms with E-state index >= 15 is 0 Å². The summed E-state index contributed by atoms with van der Waals surface area (Å²) in [5.74, 6) is 0.380. The van der Waals surface area contributed by atoms with Crippen LogP contribution >= 0.6 is 11.6 Å². The number of ether oxygens (including phenoxy) is 1. The molecule has 0 amide bonds. The van der Waals surface area contributed by atoms with Gasteiger partial charge in [-0.25, -0.2) is 4.39 Å². The van der Waals surface area contributed by atoms with Gasteiger partial charge in [0, 0.05) is 5.56 Å². The normalized spacial score (nSPS) is 17.1. The van der Waals surface area contributed by atoms with Gasteiger partial charge in [-0.3, -0.25) is 0 Å². The second kappa shape index (κ2) is 4.46. The highest BCUT2D eigenvalue weighted by Gasteiger charge is 2.17. The lowest BCUT2D eigenvalue weighted by atomic mass is 10.0. The maximum absolute atomic E-state index is 13.4.